The van der Waals surface area contributed by atoms with Crippen LogP contribution in [-0.4, -0.2) is 22.9 Å². The molecule has 14 heavy (non-hydrogen) atoms. The van der Waals surface area contributed by atoms with E-state index in [4.69, 9.17) is 10.0 Å². The van der Waals surface area contributed by atoms with E-state index >= 15 is 0 Å². The number of carbonyl (C=O) groups is 1. The molecule has 1 fully saturated rings. The Bertz CT molecular complexity index is 337. The molecular formula is C10H11BO3. The lowest BCUT2D eigenvalue weighted by molar-refractivity contribution is -0.124. The van der Waals surface area contributed by atoms with E-state index in [-0.39, 0.29) is 0 Å². The summed E-state index contributed by atoms with van der Waals surface area (Å²) in [5, 5.41) is 17.7. The lowest BCUT2D eigenvalue weighted by Crippen LogP contribution is -2.30. The van der Waals surface area contributed by atoms with Crippen LogP contribution in [0.5, 0.6) is 0 Å². The quantitative estimate of drug-likeness (QED) is 0.635. The van der Waals surface area contributed by atoms with Crippen molar-refractivity contribution >= 4 is 18.4 Å². The van der Waals surface area contributed by atoms with Crippen molar-refractivity contribution in [1.29, 1.82) is 0 Å². The Balaban J connectivity index is 2.10. The largest absolute Gasteiger partial charge is 0.488 e. The van der Waals surface area contributed by atoms with E-state index in [2.05, 4.69) is 0 Å². The highest BCUT2D eigenvalue weighted by atomic mass is 16.4. The number of rotatable bonds is 2. The van der Waals surface area contributed by atoms with Gasteiger partial charge in [0.15, 0.2) is 0 Å². The molecule has 0 aliphatic heterocycles. The minimum Gasteiger partial charge on any atom is -0.423 e. The predicted octanol–water partition coefficient (Wildman–Crippen LogP) is -0.187. The fourth-order valence-electron chi connectivity index (χ4n) is 1.67. The van der Waals surface area contributed by atoms with Gasteiger partial charge in [0.25, 0.3) is 0 Å². The molecule has 1 aliphatic rings. The molecule has 0 atom stereocenters. The standard InChI is InChI=1S/C10H11BO3/c12-10-5-8(6-10)7-1-3-9(4-2-7)11(13)14/h1-4,8,13-14H,5-6H2. The van der Waals surface area contributed by atoms with Crippen molar-refractivity contribution in [3.05, 3.63) is 29.8 Å². The second kappa shape index (κ2) is 3.56. The summed E-state index contributed by atoms with van der Waals surface area (Å²) < 4.78 is 0. The van der Waals surface area contributed by atoms with Gasteiger partial charge in [-0.25, -0.2) is 0 Å². The van der Waals surface area contributed by atoms with Gasteiger partial charge >= 0.3 is 7.12 Å². The SMILES string of the molecule is O=C1CC(c2ccc(B(O)O)cc2)C1. The van der Waals surface area contributed by atoms with Crippen molar-refractivity contribution in [1.82, 2.24) is 0 Å². The summed E-state index contributed by atoms with van der Waals surface area (Å²) in [7, 11) is -1.41. The Labute approximate surface area is 82.5 Å². The minimum atomic E-state index is -1.41. The van der Waals surface area contributed by atoms with Crippen molar-refractivity contribution in [3.63, 3.8) is 0 Å². The maximum absolute atomic E-state index is 10.8. The summed E-state index contributed by atoms with van der Waals surface area (Å²) >= 11 is 0. The van der Waals surface area contributed by atoms with E-state index in [1.54, 1.807) is 12.1 Å². The summed E-state index contributed by atoms with van der Waals surface area (Å²) in [4.78, 5) is 10.8. The molecule has 0 radical (unpaired) electrons. The number of hydrogen-bond donors (Lipinski definition) is 2. The number of benzene rings is 1. The van der Waals surface area contributed by atoms with Gasteiger partial charge in [0.1, 0.15) is 5.78 Å². The molecule has 0 spiro atoms. The molecule has 0 amide bonds. The number of Topliss-reactive ketones (excluding diaryl/α,β-unsaturated/α-hetero) is 1. The summed E-state index contributed by atoms with van der Waals surface area (Å²) in [6.07, 6.45) is 1.25. The van der Waals surface area contributed by atoms with Gasteiger partial charge in [0.05, 0.1) is 0 Å². The van der Waals surface area contributed by atoms with Gasteiger partial charge in [-0.3, -0.25) is 4.79 Å². The third-order valence-corrected chi connectivity index (χ3v) is 2.65. The van der Waals surface area contributed by atoms with Crippen molar-refractivity contribution in [2.24, 2.45) is 0 Å². The van der Waals surface area contributed by atoms with Crippen LogP contribution in [0.25, 0.3) is 0 Å². The van der Waals surface area contributed by atoms with Crippen LogP contribution < -0.4 is 5.46 Å². The zero-order chi connectivity index (χ0) is 10.1. The van der Waals surface area contributed by atoms with Crippen LogP contribution in [0.2, 0.25) is 0 Å². The lowest BCUT2D eigenvalue weighted by Gasteiger charge is -2.24. The molecule has 4 heteroatoms. The fourth-order valence-corrected chi connectivity index (χ4v) is 1.67. The highest BCUT2D eigenvalue weighted by Gasteiger charge is 2.27. The van der Waals surface area contributed by atoms with Crippen LogP contribution in [0.15, 0.2) is 24.3 Å². The van der Waals surface area contributed by atoms with Gasteiger partial charge in [0.2, 0.25) is 0 Å². The van der Waals surface area contributed by atoms with E-state index in [1.807, 2.05) is 12.1 Å². The summed E-state index contributed by atoms with van der Waals surface area (Å²) in [5.74, 6) is 0.647. The minimum absolute atomic E-state index is 0.307. The van der Waals surface area contributed by atoms with E-state index in [0.717, 1.165) is 5.56 Å². The highest BCUT2D eigenvalue weighted by molar-refractivity contribution is 6.58. The zero-order valence-electron chi connectivity index (χ0n) is 7.68. The first-order valence-electron chi connectivity index (χ1n) is 4.64. The van der Waals surface area contributed by atoms with Gasteiger partial charge in [-0.05, 0) is 16.9 Å². The molecule has 0 aromatic heterocycles. The van der Waals surface area contributed by atoms with Gasteiger partial charge in [-0.1, -0.05) is 24.3 Å². The molecule has 0 heterocycles. The lowest BCUT2D eigenvalue weighted by atomic mass is 9.75. The van der Waals surface area contributed by atoms with E-state index < -0.39 is 7.12 Å². The second-order valence-electron chi connectivity index (χ2n) is 3.68. The van der Waals surface area contributed by atoms with Crippen molar-refractivity contribution in [2.75, 3.05) is 0 Å². The first kappa shape index (κ1) is 9.43. The Morgan fingerprint density at radius 1 is 1.14 bits per heavy atom. The summed E-state index contributed by atoms with van der Waals surface area (Å²) in [6, 6.07) is 7.07. The number of hydrogen-bond acceptors (Lipinski definition) is 3. The van der Waals surface area contributed by atoms with Crippen LogP contribution in [0.3, 0.4) is 0 Å². The van der Waals surface area contributed by atoms with E-state index in [9.17, 15) is 4.79 Å². The summed E-state index contributed by atoms with van der Waals surface area (Å²) in [5.41, 5.74) is 1.59. The summed E-state index contributed by atoms with van der Waals surface area (Å²) in [6.45, 7) is 0. The van der Waals surface area contributed by atoms with Gasteiger partial charge < -0.3 is 10.0 Å². The average Bonchev–Trinajstić information content (AvgIpc) is 2.13. The Morgan fingerprint density at radius 2 is 1.71 bits per heavy atom. The van der Waals surface area contributed by atoms with Gasteiger partial charge in [0, 0.05) is 12.8 Å². The zero-order valence-corrected chi connectivity index (χ0v) is 7.68. The predicted molar refractivity (Wildman–Crippen MR) is 53.2 cm³/mol. The molecule has 1 saturated carbocycles. The van der Waals surface area contributed by atoms with Gasteiger partial charge in [-0.2, -0.15) is 0 Å². The van der Waals surface area contributed by atoms with Crippen molar-refractivity contribution < 1.29 is 14.8 Å². The average molecular weight is 190 g/mol. The Morgan fingerprint density at radius 3 is 2.14 bits per heavy atom. The number of ketones is 1. The van der Waals surface area contributed by atoms with Crippen LogP contribution in [-0.2, 0) is 4.79 Å². The Kier molecular flexibility index (Phi) is 2.39. The Hall–Kier alpha value is -1.13. The first-order valence-corrected chi connectivity index (χ1v) is 4.64. The van der Waals surface area contributed by atoms with Crippen molar-refractivity contribution in [3.8, 4) is 0 Å². The molecule has 1 aromatic carbocycles. The third-order valence-electron chi connectivity index (χ3n) is 2.65. The smallest absolute Gasteiger partial charge is 0.423 e. The maximum Gasteiger partial charge on any atom is 0.488 e. The molecule has 0 unspecified atom stereocenters. The maximum atomic E-state index is 10.8. The molecule has 1 aromatic rings. The molecule has 1 aliphatic carbocycles. The van der Waals surface area contributed by atoms with Crippen molar-refractivity contribution in [2.45, 2.75) is 18.8 Å². The first-order chi connectivity index (χ1) is 6.66. The number of carbonyl (C=O) groups excluding carboxylic acids is 1. The highest BCUT2D eigenvalue weighted by Crippen LogP contribution is 2.32. The monoisotopic (exact) mass is 190 g/mol. The van der Waals surface area contributed by atoms with Crippen LogP contribution in [0.4, 0.5) is 0 Å². The fraction of sp³-hybridized carbons (Fsp3) is 0.300. The second-order valence-corrected chi connectivity index (χ2v) is 3.68. The van der Waals surface area contributed by atoms with Crippen LogP contribution in [0.1, 0.15) is 24.3 Å². The molecule has 2 N–H and O–H groups in total. The van der Waals surface area contributed by atoms with Crippen LogP contribution in [0, 0.1) is 0 Å². The topological polar surface area (TPSA) is 57.5 Å². The molecule has 3 nitrogen and oxygen atoms in total. The van der Waals surface area contributed by atoms with Crippen LogP contribution >= 0.6 is 0 Å². The van der Waals surface area contributed by atoms with E-state index in [1.165, 1.54) is 0 Å². The molecule has 0 bridgehead atoms. The molecule has 72 valence electrons. The molecule has 0 saturated heterocycles. The normalized spacial score (nSPS) is 16.6. The van der Waals surface area contributed by atoms with Gasteiger partial charge in [-0.15, -0.1) is 0 Å². The molecule has 2 rings (SSSR count). The molecular weight excluding hydrogens is 179 g/mol. The third kappa shape index (κ3) is 1.71. The van der Waals surface area contributed by atoms with E-state index in [0.29, 0.717) is 30.0 Å².